The molecule has 0 aromatic heterocycles. The van der Waals surface area contributed by atoms with Gasteiger partial charge in [-0.1, -0.05) is 54.2 Å². The summed E-state index contributed by atoms with van der Waals surface area (Å²) in [5.74, 6) is 0.0232. The van der Waals surface area contributed by atoms with E-state index >= 15 is 0 Å². The van der Waals surface area contributed by atoms with Crippen molar-refractivity contribution in [3.63, 3.8) is 0 Å². The van der Waals surface area contributed by atoms with Crippen LogP contribution in [-0.4, -0.2) is 23.3 Å². The molecule has 1 unspecified atom stereocenters. The molecule has 0 N–H and O–H groups in total. The summed E-state index contributed by atoms with van der Waals surface area (Å²) >= 11 is 1.58. The van der Waals surface area contributed by atoms with E-state index in [1.165, 1.54) is 0 Å². The Morgan fingerprint density at radius 1 is 1.00 bits per heavy atom. The molecular formula is C21H18N2O2S. The highest BCUT2D eigenvalue weighted by Crippen LogP contribution is 2.55. The fourth-order valence-electron chi connectivity index (χ4n) is 4.05. The smallest absolute Gasteiger partial charge is 0.260 e. The van der Waals surface area contributed by atoms with Gasteiger partial charge < -0.3 is 4.90 Å². The van der Waals surface area contributed by atoms with Crippen LogP contribution in [0.3, 0.4) is 0 Å². The topological polar surface area (TPSA) is 40.6 Å². The van der Waals surface area contributed by atoms with Crippen molar-refractivity contribution in [1.29, 1.82) is 0 Å². The SMILES string of the molecule is CC1(c2ccccc2)SC2=C3CCCN3C(=O)c3ccccc3N2C1=O. The van der Waals surface area contributed by atoms with E-state index in [9.17, 15) is 9.59 Å². The van der Waals surface area contributed by atoms with Gasteiger partial charge in [-0.05, 0) is 37.5 Å². The number of fused-ring (bicyclic) bond motifs is 4. The first-order valence-corrected chi connectivity index (χ1v) is 9.66. The Balaban J connectivity index is 1.76. The van der Waals surface area contributed by atoms with Gasteiger partial charge in [-0.15, -0.1) is 0 Å². The molecule has 26 heavy (non-hydrogen) atoms. The van der Waals surface area contributed by atoms with Crippen LogP contribution < -0.4 is 4.90 Å². The molecule has 2 aromatic rings. The molecule has 2 fully saturated rings. The van der Waals surface area contributed by atoms with Gasteiger partial charge in [0.25, 0.3) is 11.8 Å². The third-order valence-corrected chi connectivity index (χ3v) is 6.86. The van der Waals surface area contributed by atoms with Gasteiger partial charge in [0.15, 0.2) is 0 Å². The van der Waals surface area contributed by atoms with E-state index in [2.05, 4.69) is 0 Å². The average Bonchev–Trinajstić information content (AvgIpc) is 3.24. The molecule has 5 heteroatoms. The van der Waals surface area contributed by atoms with E-state index in [-0.39, 0.29) is 11.8 Å². The lowest BCUT2D eigenvalue weighted by Crippen LogP contribution is -2.35. The van der Waals surface area contributed by atoms with Crippen LogP contribution in [-0.2, 0) is 9.54 Å². The minimum atomic E-state index is -0.689. The van der Waals surface area contributed by atoms with Gasteiger partial charge in [0.1, 0.15) is 9.78 Å². The van der Waals surface area contributed by atoms with Crippen LogP contribution in [0.1, 0.15) is 35.7 Å². The van der Waals surface area contributed by atoms with Gasteiger partial charge in [0.05, 0.1) is 16.9 Å². The van der Waals surface area contributed by atoms with Crippen LogP contribution in [0.25, 0.3) is 0 Å². The van der Waals surface area contributed by atoms with Crippen LogP contribution in [0.4, 0.5) is 5.69 Å². The zero-order chi connectivity index (χ0) is 17.9. The van der Waals surface area contributed by atoms with E-state index in [0.29, 0.717) is 11.3 Å². The zero-order valence-corrected chi connectivity index (χ0v) is 15.3. The molecule has 0 spiro atoms. The molecule has 2 saturated heterocycles. The van der Waals surface area contributed by atoms with Gasteiger partial charge >= 0.3 is 0 Å². The van der Waals surface area contributed by atoms with Crippen LogP contribution >= 0.6 is 11.8 Å². The normalized spacial score (nSPS) is 24.5. The zero-order valence-electron chi connectivity index (χ0n) is 14.4. The summed E-state index contributed by atoms with van der Waals surface area (Å²) in [5, 5.41) is 0.914. The van der Waals surface area contributed by atoms with Crippen molar-refractivity contribution in [1.82, 2.24) is 4.90 Å². The second-order valence-electron chi connectivity index (χ2n) is 6.97. The second kappa shape index (κ2) is 5.48. The van der Waals surface area contributed by atoms with Crippen molar-refractivity contribution < 1.29 is 9.59 Å². The van der Waals surface area contributed by atoms with Crippen molar-refractivity contribution in [2.75, 3.05) is 11.4 Å². The summed E-state index contributed by atoms with van der Waals surface area (Å²) < 4.78 is -0.689. The molecule has 2 amide bonds. The standard InChI is InChI=1S/C21H18N2O2S/c1-21(14-8-3-2-4-9-14)20(25)23-16-11-6-5-10-15(16)18(24)22-13-7-12-17(22)19(23)26-21/h2-6,8-11H,7,12-13H2,1H3. The maximum Gasteiger partial charge on any atom is 0.260 e. The van der Waals surface area contributed by atoms with Gasteiger partial charge in [0.2, 0.25) is 0 Å². The number of benzene rings is 2. The first kappa shape index (κ1) is 15.7. The lowest BCUT2D eigenvalue weighted by atomic mass is 9.98. The Bertz CT molecular complexity index is 969. The molecule has 3 aliphatic heterocycles. The Hall–Kier alpha value is -2.53. The summed E-state index contributed by atoms with van der Waals surface area (Å²) in [6.07, 6.45) is 1.77. The third-order valence-electron chi connectivity index (χ3n) is 5.43. The van der Waals surface area contributed by atoms with Crippen molar-refractivity contribution in [3.05, 3.63) is 76.5 Å². The molecule has 2 aromatic carbocycles. The van der Waals surface area contributed by atoms with E-state index in [4.69, 9.17) is 0 Å². The van der Waals surface area contributed by atoms with Crippen molar-refractivity contribution in [2.45, 2.75) is 24.5 Å². The number of amides is 2. The number of thioether (sulfide) groups is 1. The number of anilines is 1. The highest BCUT2D eigenvalue weighted by molar-refractivity contribution is 8.05. The number of allylic oxidation sites excluding steroid dienone is 1. The maximum absolute atomic E-state index is 13.6. The molecular weight excluding hydrogens is 344 g/mol. The summed E-state index contributed by atoms with van der Waals surface area (Å²) in [6, 6.07) is 17.4. The lowest BCUT2D eigenvalue weighted by molar-refractivity contribution is -0.119. The van der Waals surface area contributed by atoms with Crippen LogP contribution in [0.2, 0.25) is 0 Å². The quantitative estimate of drug-likeness (QED) is 0.767. The molecule has 4 nitrogen and oxygen atoms in total. The predicted octanol–water partition coefficient (Wildman–Crippen LogP) is 4.10. The van der Waals surface area contributed by atoms with Gasteiger partial charge in [-0.2, -0.15) is 0 Å². The lowest BCUT2D eigenvalue weighted by Gasteiger charge is -2.23. The molecule has 5 rings (SSSR count). The Labute approximate surface area is 156 Å². The second-order valence-corrected chi connectivity index (χ2v) is 8.38. The minimum absolute atomic E-state index is 0.00446. The molecule has 0 saturated carbocycles. The molecule has 130 valence electrons. The highest BCUT2D eigenvalue weighted by Gasteiger charge is 2.52. The number of rotatable bonds is 1. The number of para-hydroxylation sites is 1. The highest BCUT2D eigenvalue weighted by atomic mass is 32.2. The number of nitrogens with zero attached hydrogens (tertiary/aromatic N) is 2. The van der Waals surface area contributed by atoms with Crippen molar-refractivity contribution in [3.8, 4) is 0 Å². The minimum Gasteiger partial charge on any atom is -0.309 e. The third kappa shape index (κ3) is 1.98. The van der Waals surface area contributed by atoms with E-state index < -0.39 is 4.75 Å². The van der Waals surface area contributed by atoms with Crippen molar-refractivity contribution >= 4 is 29.3 Å². The van der Waals surface area contributed by atoms with Crippen LogP contribution in [0.5, 0.6) is 0 Å². The molecule has 0 bridgehead atoms. The van der Waals surface area contributed by atoms with Gasteiger partial charge in [-0.3, -0.25) is 14.5 Å². The number of carbonyl (C=O) groups is 2. The summed E-state index contributed by atoms with van der Waals surface area (Å²) in [4.78, 5) is 30.3. The Kier molecular flexibility index (Phi) is 3.31. The van der Waals surface area contributed by atoms with E-state index in [1.54, 1.807) is 16.7 Å². The van der Waals surface area contributed by atoms with Crippen LogP contribution in [0, 0.1) is 0 Å². The van der Waals surface area contributed by atoms with E-state index in [0.717, 1.165) is 35.7 Å². The fourth-order valence-corrected chi connectivity index (χ4v) is 5.47. The average molecular weight is 362 g/mol. The first-order valence-electron chi connectivity index (χ1n) is 8.84. The summed E-state index contributed by atoms with van der Waals surface area (Å²) in [5.41, 5.74) is 3.29. The summed E-state index contributed by atoms with van der Waals surface area (Å²) in [7, 11) is 0. The Morgan fingerprint density at radius 2 is 1.73 bits per heavy atom. The van der Waals surface area contributed by atoms with Crippen molar-refractivity contribution in [2.24, 2.45) is 0 Å². The molecule has 0 radical (unpaired) electrons. The largest absolute Gasteiger partial charge is 0.309 e. The van der Waals surface area contributed by atoms with Gasteiger partial charge in [0, 0.05) is 6.54 Å². The molecule has 0 aliphatic carbocycles. The number of hydrogen-bond donors (Lipinski definition) is 0. The maximum atomic E-state index is 13.6. The number of carbonyl (C=O) groups excluding carboxylic acids is 2. The monoisotopic (exact) mass is 362 g/mol. The first-order chi connectivity index (χ1) is 12.6. The predicted molar refractivity (Wildman–Crippen MR) is 103 cm³/mol. The van der Waals surface area contributed by atoms with Gasteiger partial charge in [-0.25, -0.2) is 0 Å². The Morgan fingerprint density at radius 3 is 2.54 bits per heavy atom. The fraction of sp³-hybridized carbons (Fsp3) is 0.238. The van der Waals surface area contributed by atoms with Crippen LogP contribution in [0.15, 0.2) is 65.3 Å². The summed E-state index contributed by atoms with van der Waals surface area (Å²) in [6.45, 7) is 2.71. The molecule has 3 aliphatic rings. The number of hydrogen-bond acceptors (Lipinski definition) is 3. The molecule has 1 atom stereocenters. The van der Waals surface area contributed by atoms with E-state index in [1.807, 2.05) is 66.4 Å². The molecule has 3 heterocycles.